The highest BCUT2D eigenvalue weighted by Gasteiger charge is 2.25. The summed E-state index contributed by atoms with van der Waals surface area (Å²) in [4.78, 5) is 29.6. The summed E-state index contributed by atoms with van der Waals surface area (Å²) in [5.41, 5.74) is 4.66. The molecule has 0 spiro atoms. The third-order valence-corrected chi connectivity index (χ3v) is 4.74. The van der Waals surface area contributed by atoms with Gasteiger partial charge in [0.1, 0.15) is 5.56 Å². The Morgan fingerprint density at radius 1 is 1.05 bits per heavy atom. The van der Waals surface area contributed by atoms with Crippen LogP contribution in [-0.4, -0.2) is 22.3 Å². The van der Waals surface area contributed by atoms with Gasteiger partial charge in [0.2, 0.25) is 0 Å². The maximum Gasteiger partial charge on any atom is 0.261 e. The lowest BCUT2D eigenvalue weighted by Crippen LogP contribution is -2.38. The predicted molar refractivity (Wildman–Crippen MR) is 84.0 cm³/mol. The molecule has 1 N–H and O–H groups in total. The molecule has 0 atom stereocenters. The number of fused-ring (bicyclic) bond motifs is 2. The van der Waals surface area contributed by atoms with Gasteiger partial charge in [-0.3, -0.25) is 9.59 Å². The molecule has 2 aromatic rings. The molecular formula is C18H18N2O2. The van der Waals surface area contributed by atoms with Crippen LogP contribution in [0.3, 0.4) is 0 Å². The number of carbonyl (C=O) groups excluding carboxylic acids is 1. The summed E-state index contributed by atoms with van der Waals surface area (Å²) in [5.74, 6) is -0.148. The number of aryl methyl sites for hydroxylation is 2. The number of carbonyl (C=O) groups is 1. The lowest BCUT2D eigenvalue weighted by atomic mass is 9.99. The smallest absolute Gasteiger partial charge is 0.261 e. The molecule has 0 saturated carbocycles. The van der Waals surface area contributed by atoms with Crippen molar-refractivity contribution < 1.29 is 4.79 Å². The molecule has 0 fully saturated rings. The third-order valence-electron chi connectivity index (χ3n) is 4.74. The lowest BCUT2D eigenvalue weighted by molar-refractivity contribution is 0.0732. The van der Waals surface area contributed by atoms with Gasteiger partial charge in [0.15, 0.2) is 0 Å². The number of amides is 1. The molecule has 4 nitrogen and oxygen atoms in total. The van der Waals surface area contributed by atoms with Crippen molar-refractivity contribution in [1.82, 2.24) is 9.88 Å². The molecule has 4 rings (SSSR count). The van der Waals surface area contributed by atoms with Gasteiger partial charge < -0.3 is 9.88 Å². The first-order valence-electron chi connectivity index (χ1n) is 7.83. The maximum atomic E-state index is 12.7. The molecule has 1 aliphatic carbocycles. The standard InChI is InChI=1S/C18H18N2O2/c21-17-15(10-13-6-3-7-16(13)19-17)18(22)20-9-8-12-4-1-2-5-14(12)11-20/h1-2,4-5,10H,3,6-9,11H2,(H,19,21). The van der Waals surface area contributed by atoms with Crippen LogP contribution in [0.25, 0.3) is 0 Å². The van der Waals surface area contributed by atoms with Gasteiger partial charge >= 0.3 is 0 Å². The molecule has 0 unspecified atom stereocenters. The highest BCUT2D eigenvalue weighted by Crippen LogP contribution is 2.22. The van der Waals surface area contributed by atoms with Crippen molar-refractivity contribution in [1.29, 1.82) is 0 Å². The second-order valence-electron chi connectivity index (χ2n) is 6.11. The Hall–Kier alpha value is -2.36. The fraction of sp³-hybridized carbons (Fsp3) is 0.333. The summed E-state index contributed by atoms with van der Waals surface area (Å²) in [6.45, 7) is 1.26. The SMILES string of the molecule is O=C(c1cc2c([nH]c1=O)CCC2)N1CCc2ccccc2C1. The summed E-state index contributed by atoms with van der Waals surface area (Å²) in [6.07, 6.45) is 3.77. The van der Waals surface area contributed by atoms with E-state index < -0.39 is 0 Å². The quantitative estimate of drug-likeness (QED) is 0.875. The molecule has 1 aromatic heterocycles. The van der Waals surface area contributed by atoms with Gasteiger partial charge in [-0.1, -0.05) is 24.3 Å². The Morgan fingerprint density at radius 3 is 2.73 bits per heavy atom. The summed E-state index contributed by atoms with van der Waals surface area (Å²) in [5, 5.41) is 0. The van der Waals surface area contributed by atoms with Crippen molar-refractivity contribution in [3.63, 3.8) is 0 Å². The van der Waals surface area contributed by atoms with Crippen LogP contribution >= 0.6 is 0 Å². The Labute approximate surface area is 128 Å². The average Bonchev–Trinajstić information content (AvgIpc) is 3.00. The first-order chi connectivity index (χ1) is 10.7. The van der Waals surface area contributed by atoms with E-state index in [1.54, 1.807) is 4.90 Å². The minimum atomic E-state index is -0.246. The van der Waals surface area contributed by atoms with E-state index >= 15 is 0 Å². The van der Waals surface area contributed by atoms with Crippen molar-refractivity contribution in [3.8, 4) is 0 Å². The van der Waals surface area contributed by atoms with Crippen molar-refractivity contribution in [2.45, 2.75) is 32.2 Å². The van der Waals surface area contributed by atoms with E-state index in [1.807, 2.05) is 18.2 Å². The third kappa shape index (κ3) is 2.15. The highest BCUT2D eigenvalue weighted by atomic mass is 16.2. The number of hydrogen-bond donors (Lipinski definition) is 1. The summed E-state index contributed by atoms with van der Waals surface area (Å²) >= 11 is 0. The van der Waals surface area contributed by atoms with E-state index in [0.717, 1.165) is 36.9 Å². The van der Waals surface area contributed by atoms with Crippen LogP contribution in [0, 0.1) is 0 Å². The molecule has 1 amide bonds. The summed E-state index contributed by atoms with van der Waals surface area (Å²) in [6, 6.07) is 10.0. The Bertz CT molecular complexity index is 807. The van der Waals surface area contributed by atoms with Gasteiger partial charge in [-0.05, 0) is 48.4 Å². The Balaban J connectivity index is 1.65. The van der Waals surface area contributed by atoms with Crippen molar-refractivity contribution in [3.05, 3.63) is 68.6 Å². The van der Waals surface area contributed by atoms with E-state index in [1.165, 1.54) is 11.1 Å². The number of hydrogen-bond acceptors (Lipinski definition) is 2. The Morgan fingerprint density at radius 2 is 1.86 bits per heavy atom. The predicted octanol–water partition coefficient (Wildman–Crippen LogP) is 2.06. The average molecular weight is 294 g/mol. The van der Waals surface area contributed by atoms with E-state index in [2.05, 4.69) is 17.1 Å². The monoisotopic (exact) mass is 294 g/mol. The number of aromatic amines is 1. The zero-order valence-corrected chi connectivity index (χ0v) is 12.4. The largest absolute Gasteiger partial charge is 0.334 e. The number of nitrogens with zero attached hydrogens (tertiary/aromatic N) is 1. The molecule has 0 radical (unpaired) electrons. The second kappa shape index (κ2) is 5.13. The van der Waals surface area contributed by atoms with Crippen molar-refractivity contribution in [2.75, 3.05) is 6.54 Å². The Kier molecular flexibility index (Phi) is 3.10. The molecule has 4 heteroatoms. The number of benzene rings is 1. The zero-order chi connectivity index (χ0) is 15.1. The van der Waals surface area contributed by atoms with Gasteiger partial charge in [0.25, 0.3) is 11.5 Å². The first-order valence-corrected chi connectivity index (χ1v) is 7.83. The van der Waals surface area contributed by atoms with Crippen molar-refractivity contribution >= 4 is 5.91 Å². The fourth-order valence-electron chi connectivity index (χ4n) is 3.51. The summed E-state index contributed by atoms with van der Waals surface area (Å²) < 4.78 is 0. The molecule has 112 valence electrons. The van der Waals surface area contributed by atoms with Gasteiger partial charge in [0, 0.05) is 18.8 Å². The van der Waals surface area contributed by atoms with E-state index in [4.69, 9.17) is 0 Å². The van der Waals surface area contributed by atoms with E-state index in [0.29, 0.717) is 18.7 Å². The van der Waals surface area contributed by atoms with Crippen LogP contribution in [0.4, 0.5) is 0 Å². The molecule has 1 aromatic carbocycles. The minimum Gasteiger partial charge on any atom is -0.334 e. The van der Waals surface area contributed by atoms with Gasteiger partial charge in [-0.25, -0.2) is 0 Å². The van der Waals surface area contributed by atoms with E-state index in [-0.39, 0.29) is 11.5 Å². The minimum absolute atomic E-state index is 0.148. The van der Waals surface area contributed by atoms with Crippen molar-refractivity contribution in [2.24, 2.45) is 0 Å². The molecule has 0 saturated heterocycles. The number of pyridine rings is 1. The van der Waals surface area contributed by atoms with Crippen LogP contribution in [0.5, 0.6) is 0 Å². The number of rotatable bonds is 1. The van der Waals surface area contributed by atoms with Crippen LogP contribution in [0.2, 0.25) is 0 Å². The van der Waals surface area contributed by atoms with Crippen LogP contribution in [-0.2, 0) is 25.8 Å². The normalized spacial score (nSPS) is 16.3. The van der Waals surface area contributed by atoms with Gasteiger partial charge in [-0.2, -0.15) is 0 Å². The van der Waals surface area contributed by atoms with Crippen LogP contribution in [0.15, 0.2) is 35.1 Å². The molecule has 22 heavy (non-hydrogen) atoms. The maximum absolute atomic E-state index is 12.7. The molecule has 2 heterocycles. The van der Waals surface area contributed by atoms with Gasteiger partial charge in [-0.15, -0.1) is 0 Å². The number of aromatic nitrogens is 1. The van der Waals surface area contributed by atoms with E-state index in [9.17, 15) is 9.59 Å². The highest BCUT2D eigenvalue weighted by molar-refractivity contribution is 5.94. The number of H-pyrrole nitrogens is 1. The first kappa shape index (κ1) is 13.3. The number of nitrogens with one attached hydrogen (secondary N) is 1. The lowest BCUT2D eigenvalue weighted by Gasteiger charge is -2.28. The van der Waals surface area contributed by atoms with Gasteiger partial charge in [0.05, 0.1) is 0 Å². The topological polar surface area (TPSA) is 53.2 Å². The zero-order valence-electron chi connectivity index (χ0n) is 12.4. The molecule has 1 aliphatic heterocycles. The summed E-state index contributed by atoms with van der Waals surface area (Å²) in [7, 11) is 0. The fourth-order valence-corrected chi connectivity index (χ4v) is 3.51. The second-order valence-corrected chi connectivity index (χ2v) is 6.11. The molecule has 0 bridgehead atoms. The molecule has 2 aliphatic rings. The van der Waals surface area contributed by atoms with Crippen LogP contribution < -0.4 is 5.56 Å². The van der Waals surface area contributed by atoms with Crippen LogP contribution in [0.1, 0.15) is 39.2 Å². The molecular weight excluding hydrogens is 276 g/mol.